The molecule has 0 atom stereocenters. The van der Waals surface area contributed by atoms with Gasteiger partial charge in [0, 0.05) is 32.6 Å². The van der Waals surface area contributed by atoms with Crippen LogP contribution in [0, 0.1) is 0 Å². The first kappa shape index (κ1) is 37.3. The minimum atomic E-state index is 1.07. The van der Waals surface area contributed by atoms with E-state index < -0.39 is 0 Å². The van der Waals surface area contributed by atoms with E-state index in [1.807, 2.05) is 0 Å². The van der Waals surface area contributed by atoms with Gasteiger partial charge in [-0.1, -0.05) is 212 Å². The van der Waals surface area contributed by atoms with Crippen LogP contribution in [0.1, 0.15) is 0 Å². The lowest BCUT2D eigenvalue weighted by Gasteiger charge is -2.32. The van der Waals surface area contributed by atoms with Crippen LogP contribution in [-0.4, -0.2) is 0 Å². The molecule has 0 radical (unpaired) electrons. The Bertz CT molecular complexity index is 3510. The van der Waals surface area contributed by atoms with Crippen LogP contribution in [-0.2, 0) is 0 Å². The number of hydrogen-bond donors (Lipinski definition) is 0. The molecule has 0 amide bonds. The summed E-state index contributed by atoms with van der Waals surface area (Å²) in [5.41, 5.74) is 11.3. The van der Waals surface area contributed by atoms with E-state index in [0.29, 0.717) is 0 Å². The first-order valence-electron chi connectivity index (χ1n) is 22.0. The Morgan fingerprint density at radius 1 is 0.219 bits per heavy atom. The number of rotatable bonds is 8. The van der Waals surface area contributed by atoms with Crippen molar-refractivity contribution < 1.29 is 0 Å². The largest absolute Gasteiger partial charge is 0.309 e. The maximum Gasteiger partial charge on any atom is 0.0541 e. The van der Waals surface area contributed by atoms with Crippen LogP contribution >= 0.6 is 0 Å². The summed E-state index contributed by atoms with van der Waals surface area (Å²) in [5, 5.41) is 11.9. The van der Waals surface area contributed by atoms with Gasteiger partial charge < -0.3 is 9.80 Å². The van der Waals surface area contributed by atoms with Gasteiger partial charge >= 0.3 is 0 Å². The fourth-order valence-corrected chi connectivity index (χ4v) is 9.89. The lowest BCUT2D eigenvalue weighted by Crippen LogP contribution is -2.14. The number of anilines is 6. The van der Waals surface area contributed by atoms with Crippen LogP contribution in [0.15, 0.2) is 255 Å². The Morgan fingerprint density at radius 2 is 0.562 bits per heavy atom. The summed E-state index contributed by atoms with van der Waals surface area (Å²) in [4.78, 5) is 5.01. The number of fused-ring (bicyclic) bond motifs is 5. The normalized spacial score (nSPS) is 11.4. The molecule has 2 nitrogen and oxygen atoms in total. The lowest BCUT2D eigenvalue weighted by atomic mass is 9.89. The molecular weight excluding hydrogens is 773 g/mol. The van der Waals surface area contributed by atoms with Crippen LogP contribution in [0.25, 0.3) is 76.1 Å². The minimum Gasteiger partial charge on any atom is -0.309 e. The molecule has 0 spiro atoms. The number of nitrogens with zero attached hydrogens (tertiary/aromatic N) is 2. The van der Waals surface area contributed by atoms with E-state index in [4.69, 9.17) is 0 Å². The summed E-state index contributed by atoms with van der Waals surface area (Å²) in [5.74, 6) is 0. The standard InChI is InChI=1S/C62H42N2/c1-3-19-47(20-4-1)54-39-40-61(64(59-37-17-29-45-25-9-13-33-52(45)59)60-38-18-30-46-26-10-14-34-53(46)60)56-42-49(41-55(62(54)56)48-21-5-2-6-22-48)63(57-35-15-27-43-23-7-11-31-50(43)57)58-36-16-28-44-24-8-12-32-51(44)58/h1-42H. The number of hydrogen-bond acceptors (Lipinski definition) is 2. The summed E-state index contributed by atoms with van der Waals surface area (Å²) in [6, 6.07) is 93.2. The first-order chi connectivity index (χ1) is 31.8. The van der Waals surface area contributed by atoms with Crippen molar-refractivity contribution in [3.63, 3.8) is 0 Å². The van der Waals surface area contributed by atoms with Crippen molar-refractivity contribution in [2.24, 2.45) is 0 Å². The third-order valence-electron chi connectivity index (χ3n) is 12.8. The molecule has 0 saturated heterocycles. The van der Waals surface area contributed by atoms with Crippen LogP contribution in [0.4, 0.5) is 34.1 Å². The minimum absolute atomic E-state index is 1.07. The van der Waals surface area contributed by atoms with Gasteiger partial charge in [-0.3, -0.25) is 0 Å². The first-order valence-corrected chi connectivity index (χ1v) is 22.0. The van der Waals surface area contributed by atoms with Crippen molar-refractivity contribution in [1.29, 1.82) is 0 Å². The topological polar surface area (TPSA) is 6.48 Å². The van der Waals surface area contributed by atoms with Crippen molar-refractivity contribution in [2.75, 3.05) is 9.80 Å². The van der Waals surface area contributed by atoms with Crippen LogP contribution in [0.5, 0.6) is 0 Å². The smallest absolute Gasteiger partial charge is 0.0541 e. The molecule has 0 heterocycles. The third-order valence-corrected chi connectivity index (χ3v) is 12.8. The molecule has 0 N–H and O–H groups in total. The highest BCUT2D eigenvalue weighted by Gasteiger charge is 2.26. The zero-order valence-electron chi connectivity index (χ0n) is 35.1. The molecule has 0 aliphatic heterocycles. The molecule has 0 fully saturated rings. The quantitative estimate of drug-likeness (QED) is 0.151. The monoisotopic (exact) mass is 814 g/mol. The van der Waals surface area contributed by atoms with E-state index in [0.717, 1.165) is 50.6 Å². The average molecular weight is 815 g/mol. The van der Waals surface area contributed by atoms with Gasteiger partial charge in [0.05, 0.1) is 28.4 Å². The highest BCUT2D eigenvalue weighted by atomic mass is 15.2. The van der Waals surface area contributed by atoms with Gasteiger partial charge in [0.1, 0.15) is 0 Å². The lowest BCUT2D eigenvalue weighted by molar-refractivity contribution is 1.31. The second kappa shape index (κ2) is 15.8. The predicted octanol–water partition coefficient (Wildman–Crippen LogP) is 17.7. The molecule has 2 heteroatoms. The highest BCUT2D eigenvalue weighted by molar-refractivity contribution is 6.18. The third kappa shape index (κ3) is 6.35. The van der Waals surface area contributed by atoms with Crippen LogP contribution in [0.3, 0.4) is 0 Å². The van der Waals surface area contributed by atoms with E-state index in [2.05, 4.69) is 265 Å². The molecule has 0 saturated carbocycles. The Balaban J connectivity index is 1.27. The summed E-state index contributed by atoms with van der Waals surface area (Å²) < 4.78 is 0. The Hall–Kier alpha value is -8.46. The summed E-state index contributed by atoms with van der Waals surface area (Å²) in [6.45, 7) is 0. The molecule has 0 aliphatic carbocycles. The molecule has 0 aromatic heterocycles. The fraction of sp³-hybridized carbons (Fsp3) is 0. The Morgan fingerprint density at radius 3 is 1.00 bits per heavy atom. The Labute approximate surface area is 373 Å². The molecule has 12 aromatic carbocycles. The van der Waals surface area contributed by atoms with Gasteiger partial charge in [-0.05, 0) is 91.6 Å². The summed E-state index contributed by atoms with van der Waals surface area (Å²) in [7, 11) is 0. The highest BCUT2D eigenvalue weighted by Crippen LogP contribution is 2.51. The number of benzene rings is 12. The summed E-state index contributed by atoms with van der Waals surface area (Å²) >= 11 is 0. The molecule has 64 heavy (non-hydrogen) atoms. The van der Waals surface area contributed by atoms with Crippen molar-refractivity contribution in [3.8, 4) is 22.3 Å². The van der Waals surface area contributed by atoms with Crippen molar-refractivity contribution in [3.05, 3.63) is 255 Å². The van der Waals surface area contributed by atoms with Crippen molar-refractivity contribution in [1.82, 2.24) is 0 Å². The molecule has 0 unspecified atom stereocenters. The van der Waals surface area contributed by atoms with Gasteiger partial charge in [-0.2, -0.15) is 0 Å². The van der Waals surface area contributed by atoms with E-state index in [1.54, 1.807) is 0 Å². The van der Waals surface area contributed by atoms with Gasteiger partial charge in [0.25, 0.3) is 0 Å². The van der Waals surface area contributed by atoms with Crippen LogP contribution in [0.2, 0.25) is 0 Å². The molecule has 0 aliphatic rings. The molecule has 300 valence electrons. The van der Waals surface area contributed by atoms with Gasteiger partial charge in [0.15, 0.2) is 0 Å². The van der Waals surface area contributed by atoms with E-state index in [1.165, 1.54) is 59.6 Å². The average Bonchev–Trinajstić information content (AvgIpc) is 3.37. The van der Waals surface area contributed by atoms with Gasteiger partial charge in [-0.25, -0.2) is 0 Å². The maximum absolute atomic E-state index is 2.51. The molecule has 12 aromatic rings. The van der Waals surface area contributed by atoms with E-state index in [9.17, 15) is 0 Å². The van der Waals surface area contributed by atoms with E-state index >= 15 is 0 Å². The second-order valence-corrected chi connectivity index (χ2v) is 16.4. The summed E-state index contributed by atoms with van der Waals surface area (Å²) in [6.07, 6.45) is 0. The SMILES string of the molecule is c1ccc(-c2ccc(N(c3cccc4ccccc34)c3cccc4ccccc34)c3cc(N(c4cccc5ccccc45)c4cccc5ccccc45)cc(-c4ccccc4)c23)cc1. The van der Waals surface area contributed by atoms with Gasteiger partial charge in [-0.15, -0.1) is 0 Å². The van der Waals surface area contributed by atoms with Gasteiger partial charge in [0.2, 0.25) is 0 Å². The molecular formula is C62H42N2. The van der Waals surface area contributed by atoms with E-state index in [-0.39, 0.29) is 0 Å². The Kier molecular flexibility index (Phi) is 9.20. The van der Waals surface area contributed by atoms with Crippen molar-refractivity contribution >= 4 is 88.0 Å². The zero-order chi connectivity index (χ0) is 42.4. The maximum atomic E-state index is 2.51. The molecule has 12 rings (SSSR count). The van der Waals surface area contributed by atoms with Crippen molar-refractivity contribution in [2.45, 2.75) is 0 Å². The zero-order valence-corrected chi connectivity index (χ0v) is 35.1. The fourth-order valence-electron chi connectivity index (χ4n) is 9.89. The molecule has 0 bridgehead atoms. The second-order valence-electron chi connectivity index (χ2n) is 16.4. The van der Waals surface area contributed by atoms with Crippen LogP contribution < -0.4 is 9.80 Å². The predicted molar refractivity (Wildman–Crippen MR) is 274 cm³/mol.